The molecule has 3 N–H and O–H groups in total. The predicted octanol–water partition coefficient (Wildman–Crippen LogP) is 0.159. The molecular weight excluding hydrogens is 282 g/mol. The molecule has 1 saturated carbocycles. The molecule has 6 nitrogen and oxygen atoms in total. The van der Waals surface area contributed by atoms with E-state index in [2.05, 4.69) is 5.32 Å². The first-order valence-corrected chi connectivity index (χ1v) is 9.01. The van der Waals surface area contributed by atoms with Crippen LogP contribution in [0.3, 0.4) is 0 Å². The summed E-state index contributed by atoms with van der Waals surface area (Å²) in [6.45, 7) is 0.421. The van der Waals surface area contributed by atoms with Crippen LogP contribution < -0.4 is 5.32 Å². The monoisotopic (exact) mass is 305 g/mol. The molecule has 0 aromatic carbocycles. The minimum Gasteiger partial charge on any atom is -0.481 e. The molecule has 0 radical (unpaired) electrons. The van der Waals surface area contributed by atoms with Gasteiger partial charge in [-0.15, -0.1) is 0 Å². The summed E-state index contributed by atoms with van der Waals surface area (Å²) in [4.78, 5) is 10.9. The zero-order chi connectivity index (χ0) is 14.8. The summed E-state index contributed by atoms with van der Waals surface area (Å²) in [5.41, 5.74) is -0.845. The smallest absolute Gasteiger partial charge is 0.306 e. The fraction of sp³-hybridized carbons (Fsp3) is 0.923. The van der Waals surface area contributed by atoms with Crippen molar-refractivity contribution in [2.45, 2.75) is 50.2 Å². The zero-order valence-electron chi connectivity index (χ0n) is 11.5. The number of carboxylic acids is 1. The fourth-order valence-corrected chi connectivity index (χ4v) is 4.50. The molecule has 1 saturated heterocycles. The van der Waals surface area contributed by atoms with Gasteiger partial charge in [0.2, 0.25) is 0 Å². The third-order valence-electron chi connectivity index (χ3n) is 4.54. The average Bonchev–Trinajstić information content (AvgIpc) is 2.38. The summed E-state index contributed by atoms with van der Waals surface area (Å²) in [6.07, 6.45) is 3.18. The number of sulfone groups is 1. The number of hydrogen-bond donors (Lipinski definition) is 3. The molecule has 0 spiro atoms. The Morgan fingerprint density at radius 2 is 1.70 bits per heavy atom. The molecular formula is C13H23NO5S. The summed E-state index contributed by atoms with van der Waals surface area (Å²) in [6, 6.07) is 0.139. The lowest BCUT2D eigenvalue weighted by molar-refractivity contribution is -0.144. The SMILES string of the molecule is O=C(O)C1CCC(O)(CNC2CCS(=O)(=O)CC2)CC1. The van der Waals surface area contributed by atoms with Crippen LogP contribution in [0, 0.1) is 5.92 Å². The minimum atomic E-state index is -2.86. The Balaban J connectivity index is 1.76. The Bertz CT molecular complexity index is 439. The Morgan fingerprint density at radius 1 is 1.15 bits per heavy atom. The van der Waals surface area contributed by atoms with Crippen LogP contribution in [0.5, 0.6) is 0 Å². The van der Waals surface area contributed by atoms with Crippen LogP contribution in [0.1, 0.15) is 38.5 Å². The van der Waals surface area contributed by atoms with E-state index in [9.17, 15) is 18.3 Å². The van der Waals surface area contributed by atoms with E-state index >= 15 is 0 Å². The van der Waals surface area contributed by atoms with Crippen LogP contribution in [0.25, 0.3) is 0 Å². The van der Waals surface area contributed by atoms with Crippen molar-refractivity contribution in [3.8, 4) is 0 Å². The first-order valence-electron chi connectivity index (χ1n) is 7.19. The highest BCUT2D eigenvalue weighted by molar-refractivity contribution is 7.91. The van der Waals surface area contributed by atoms with E-state index in [4.69, 9.17) is 5.11 Å². The van der Waals surface area contributed by atoms with Gasteiger partial charge in [0.1, 0.15) is 9.84 Å². The second-order valence-electron chi connectivity index (χ2n) is 6.14. The summed E-state index contributed by atoms with van der Waals surface area (Å²) in [5.74, 6) is -0.693. The van der Waals surface area contributed by atoms with Crippen LogP contribution in [0.4, 0.5) is 0 Å². The van der Waals surface area contributed by atoms with Crippen LogP contribution in [0.15, 0.2) is 0 Å². The van der Waals surface area contributed by atoms with E-state index in [0.29, 0.717) is 45.1 Å². The van der Waals surface area contributed by atoms with Gasteiger partial charge in [0.25, 0.3) is 0 Å². The van der Waals surface area contributed by atoms with E-state index in [1.807, 2.05) is 0 Å². The van der Waals surface area contributed by atoms with Crippen molar-refractivity contribution in [1.82, 2.24) is 5.32 Å². The van der Waals surface area contributed by atoms with Crippen molar-refractivity contribution in [2.75, 3.05) is 18.1 Å². The van der Waals surface area contributed by atoms with Gasteiger partial charge in [0, 0.05) is 12.6 Å². The molecule has 7 heteroatoms. The van der Waals surface area contributed by atoms with Crippen molar-refractivity contribution in [1.29, 1.82) is 0 Å². The number of carboxylic acid groups (broad SMARTS) is 1. The summed E-state index contributed by atoms with van der Waals surface area (Å²) in [7, 11) is -2.86. The Morgan fingerprint density at radius 3 is 2.20 bits per heavy atom. The van der Waals surface area contributed by atoms with E-state index in [1.165, 1.54) is 0 Å². The predicted molar refractivity (Wildman–Crippen MR) is 74.2 cm³/mol. The summed E-state index contributed by atoms with van der Waals surface area (Å²) >= 11 is 0. The second-order valence-corrected chi connectivity index (χ2v) is 8.45. The lowest BCUT2D eigenvalue weighted by Crippen LogP contribution is -2.48. The molecule has 2 rings (SSSR count). The third kappa shape index (κ3) is 4.17. The third-order valence-corrected chi connectivity index (χ3v) is 6.26. The molecule has 0 atom stereocenters. The number of hydrogen-bond acceptors (Lipinski definition) is 5. The number of carbonyl (C=O) groups is 1. The minimum absolute atomic E-state index is 0.139. The van der Waals surface area contributed by atoms with Crippen LogP contribution in [-0.4, -0.2) is 54.3 Å². The van der Waals surface area contributed by atoms with Crippen LogP contribution in [-0.2, 0) is 14.6 Å². The topological polar surface area (TPSA) is 104 Å². The van der Waals surface area contributed by atoms with Crippen molar-refractivity contribution >= 4 is 15.8 Å². The highest BCUT2D eigenvalue weighted by Crippen LogP contribution is 2.32. The normalized spacial score (nSPS) is 34.8. The molecule has 0 aromatic heterocycles. The van der Waals surface area contributed by atoms with Gasteiger partial charge in [0.05, 0.1) is 23.0 Å². The lowest BCUT2D eigenvalue weighted by Gasteiger charge is -2.36. The van der Waals surface area contributed by atoms with Gasteiger partial charge in [-0.1, -0.05) is 0 Å². The number of nitrogens with one attached hydrogen (secondary N) is 1. The van der Waals surface area contributed by atoms with E-state index in [-0.39, 0.29) is 23.5 Å². The lowest BCUT2D eigenvalue weighted by atomic mass is 9.78. The molecule has 1 aliphatic carbocycles. The fourth-order valence-electron chi connectivity index (χ4n) is 3.01. The van der Waals surface area contributed by atoms with Crippen LogP contribution >= 0.6 is 0 Å². The molecule has 2 aliphatic rings. The van der Waals surface area contributed by atoms with Gasteiger partial charge >= 0.3 is 5.97 Å². The molecule has 0 amide bonds. The number of rotatable bonds is 4. The van der Waals surface area contributed by atoms with Gasteiger partial charge in [0.15, 0.2) is 0 Å². The average molecular weight is 305 g/mol. The summed E-state index contributed by atoms with van der Waals surface area (Å²) < 4.78 is 22.7. The van der Waals surface area contributed by atoms with Crippen LogP contribution in [0.2, 0.25) is 0 Å². The van der Waals surface area contributed by atoms with Gasteiger partial charge in [-0.05, 0) is 38.5 Å². The second kappa shape index (κ2) is 5.99. The van der Waals surface area contributed by atoms with E-state index in [1.54, 1.807) is 0 Å². The molecule has 1 aliphatic heterocycles. The van der Waals surface area contributed by atoms with E-state index in [0.717, 1.165) is 0 Å². The molecule has 116 valence electrons. The molecule has 1 heterocycles. The highest BCUT2D eigenvalue weighted by atomic mass is 32.2. The number of aliphatic carboxylic acids is 1. The Kier molecular flexibility index (Phi) is 4.71. The molecule has 2 fully saturated rings. The van der Waals surface area contributed by atoms with Crippen molar-refractivity contribution in [2.24, 2.45) is 5.92 Å². The summed E-state index contributed by atoms with van der Waals surface area (Å²) in [5, 5.41) is 22.6. The number of aliphatic hydroxyl groups is 1. The van der Waals surface area contributed by atoms with Crippen molar-refractivity contribution in [3.63, 3.8) is 0 Å². The molecule has 0 unspecified atom stereocenters. The zero-order valence-corrected chi connectivity index (χ0v) is 12.4. The van der Waals surface area contributed by atoms with E-state index < -0.39 is 21.4 Å². The molecule has 0 bridgehead atoms. The van der Waals surface area contributed by atoms with Gasteiger partial charge in [-0.3, -0.25) is 4.79 Å². The van der Waals surface area contributed by atoms with Gasteiger partial charge in [-0.2, -0.15) is 0 Å². The largest absolute Gasteiger partial charge is 0.481 e. The van der Waals surface area contributed by atoms with Gasteiger partial charge in [-0.25, -0.2) is 8.42 Å². The maximum absolute atomic E-state index is 11.3. The maximum atomic E-state index is 11.3. The maximum Gasteiger partial charge on any atom is 0.306 e. The van der Waals surface area contributed by atoms with Gasteiger partial charge < -0.3 is 15.5 Å². The van der Waals surface area contributed by atoms with Crippen molar-refractivity contribution < 1.29 is 23.4 Å². The first kappa shape index (κ1) is 15.7. The molecule has 0 aromatic rings. The quantitative estimate of drug-likeness (QED) is 0.683. The standard InChI is InChI=1S/C13H23NO5S/c15-12(16)10-1-5-13(17,6-2-10)9-14-11-3-7-20(18,19)8-4-11/h10-11,14,17H,1-9H2,(H,15,16). The molecule has 20 heavy (non-hydrogen) atoms. The Hall–Kier alpha value is -0.660. The first-order chi connectivity index (χ1) is 9.30. The highest BCUT2D eigenvalue weighted by Gasteiger charge is 2.36. The Labute approximate surface area is 119 Å². The van der Waals surface area contributed by atoms with Crippen molar-refractivity contribution in [3.05, 3.63) is 0 Å².